The number of ether oxygens (including phenoxy) is 2. The number of rotatable bonds is 4. The fourth-order valence-corrected chi connectivity index (χ4v) is 3.70. The fourth-order valence-electron chi connectivity index (χ4n) is 3.70. The normalized spacial score (nSPS) is 11.4. The molecule has 0 atom stereocenters. The minimum Gasteiger partial charge on any atom is -0.504 e. The van der Waals surface area contributed by atoms with Gasteiger partial charge in [0.15, 0.2) is 11.3 Å². The summed E-state index contributed by atoms with van der Waals surface area (Å²) >= 11 is 0. The number of furan rings is 1. The third kappa shape index (κ3) is 2.26. The van der Waals surface area contributed by atoms with Crippen LogP contribution in [0.2, 0.25) is 0 Å². The molecule has 0 saturated heterocycles. The molecule has 0 bridgehead atoms. The van der Waals surface area contributed by atoms with Crippen molar-refractivity contribution < 1.29 is 23.8 Å². The zero-order valence-electron chi connectivity index (χ0n) is 16.0. The van der Waals surface area contributed by atoms with Crippen molar-refractivity contribution >= 4 is 39.4 Å². The first kappa shape index (κ1) is 17.8. The Labute approximate surface area is 169 Å². The van der Waals surface area contributed by atoms with Gasteiger partial charge in [-0.3, -0.25) is 9.20 Å². The number of nitrogens with zero attached hydrogens (tertiary/aromatic N) is 3. The number of nitrogen functional groups attached to an aromatic ring is 1. The van der Waals surface area contributed by atoms with E-state index in [1.807, 2.05) is 24.3 Å². The second kappa shape index (κ2) is 6.38. The molecule has 9 nitrogen and oxygen atoms in total. The molecule has 30 heavy (non-hydrogen) atoms. The average Bonchev–Trinajstić information content (AvgIpc) is 3.37. The minimum atomic E-state index is -0.574. The predicted octanol–water partition coefficient (Wildman–Crippen LogP) is 3.16. The second-order valence-electron chi connectivity index (χ2n) is 6.58. The van der Waals surface area contributed by atoms with Crippen LogP contribution in [0.15, 0.2) is 47.2 Å². The Hall–Kier alpha value is -4.27. The van der Waals surface area contributed by atoms with E-state index in [9.17, 15) is 9.90 Å². The Kier molecular flexibility index (Phi) is 3.78. The topological polar surface area (TPSA) is 125 Å². The van der Waals surface area contributed by atoms with Crippen molar-refractivity contribution in [2.45, 2.75) is 0 Å². The molecule has 2 aromatic carbocycles. The number of benzene rings is 2. The predicted molar refractivity (Wildman–Crippen MR) is 109 cm³/mol. The molecule has 0 radical (unpaired) electrons. The van der Waals surface area contributed by atoms with E-state index in [0.717, 1.165) is 0 Å². The van der Waals surface area contributed by atoms with Crippen LogP contribution < -0.4 is 15.2 Å². The summed E-state index contributed by atoms with van der Waals surface area (Å²) in [4.78, 5) is 22.2. The van der Waals surface area contributed by atoms with Crippen molar-refractivity contribution in [3.63, 3.8) is 0 Å². The van der Waals surface area contributed by atoms with Crippen LogP contribution in [0.3, 0.4) is 0 Å². The van der Waals surface area contributed by atoms with Gasteiger partial charge in [-0.2, -0.15) is 0 Å². The maximum absolute atomic E-state index is 13.5. The van der Waals surface area contributed by atoms with E-state index >= 15 is 0 Å². The Morgan fingerprint density at radius 2 is 1.93 bits per heavy atom. The number of phenols is 1. The van der Waals surface area contributed by atoms with Gasteiger partial charge in [-0.1, -0.05) is 12.1 Å². The van der Waals surface area contributed by atoms with Gasteiger partial charge in [-0.05, 0) is 18.2 Å². The molecule has 3 aromatic heterocycles. The highest BCUT2D eigenvalue weighted by Crippen LogP contribution is 2.46. The van der Waals surface area contributed by atoms with Crippen LogP contribution in [0, 0.1) is 0 Å². The number of phenolic OH excluding ortho intramolecular Hbond substituents is 1. The van der Waals surface area contributed by atoms with Crippen LogP contribution in [-0.4, -0.2) is 39.5 Å². The lowest BCUT2D eigenvalue weighted by molar-refractivity contribution is 0.103. The molecule has 5 rings (SSSR count). The van der Waals surface area contributed by atoms with Gasteiger partial charge in [-0.25, -0.2) is 9.97 Å². The highest BCUT2D eigenvalue weighted by Gasteiger charge is 2.30. The number of aromatic hydroxyl groups is 1. The largest absolute Gasteiger partial charge is 0.504 e. The van der Waals surface area contributed by atoms with E-state index in [2.05, 4.69) is 9.97 Å². The zero-order valence-corrected chi connectivity index (χ0v) is 16.0. The molecule has 0 saturated carbocycles. The summed E-state index contributed by atoms with van der Waals surface area (Å²) in [5.74, 6) is -0.292. The molecule has 0 aliphatic carbocycles. The molecule has 3 heterocycles. The summed E-state index contributed by atoms with van der Waals surface area (Å²) in [5.41, 5.74) is 8.03. The van der Waals surface area contributed by atoms with Crippen LogP contribution in [0.4, 0.5) is 5.82 Å². The molecule has 9 heteroatoms. The number of para-hydroxylation sites is 2. The average molecular weight is 404 g/mol. The SMILES string of the molecule is COc1c(C(=O)c2cnc3nc4ccccc4n3c2N)c(O)c(OC)c2occc12. The van der Waals surface area contributed by atoms with Gasteiger partial charge in [0.2, 0.25) is 17.3 Å². The van der Waals surface area contributed by atoms with Gasteiger partial charge in [0, 0.05) is 6.20 Å². The van der Waals surface area contributed by atoms with Crippen LogP contribution in [-0.2, 0) is 0 Å². The number of ketones is 1. The van der Waals surface area contributed by atoms with E-state index in [1.165, 1.54) is 26.7 Å². The second-order valence-corrected chi connectivity index (χ2v) is 6.58. The van der Waals surface area contributed by atoms with E-state index in [0.29, 0.717) is 22.2 Å². The molecule has 5 aromatic rings. The summed E-state index contributed by atoms with van der Waals surface area (Å²) in [6.07, 6.45) is 2.76. The van der Waals surface area contributed by atoms with Crippen molar-refractivity contribution in [1.82, 2.24) is 14.4 Å². The summed E-state index contributed by atoms with van der Waals surface area (Å²) < 4.78 is 17.7. The summed E-state index contributed by atoms with van der Waals surface area (Å²) in [6.45, 7) is 0. The highest BCUT2D eigenvalue weighted by atomic mass is 16.5. The first-order valence-corrected chi connectivity index (χ1v) is 8.97. The molecule has 150 valence electrons. The van der Waals surface area contributed by atoms with Gasteiger partial charge in [-0.15, -0.1) is 0 Å². The van der Waals surface area contributed by atoms with Crippen molar-refractivity contribution in [3.8, 4) is 17.2 Å². The third-order valence-electron chi connectivity index (χ3n) is 5.04. The summed E-state index contributed by atoms with van der Waals surface area (Å²) in [7, 11) is 2.77. The molecular weight excluding hydrogens is 388 g/mol. The number of fused-ring (bicyclic) bond motifs is 4. The molecule has 0 fully saturated rings. The molecule has 0 aliphatic rings. The Bertz CT molecular complexity index is 1470. The number of carbonyl (C=O) groups excluding carboxylic acids is 1. The van der Waals surface area contributed by atoms with Gasteiger partial charge in [0.05, 0.1) is 42.5 Å². The zero-order chi connectivity index (χ0) is 21.0. The lowest BCUT2D eigenvalue weighted by atomic mass is 10.00. The maximum atomic E-state index is 13.5. The number of aromatic nitrogens is 3. The van der Waals surface area contributed by atoms with E-state index in [-0.39, 0.29) is 34.0 Å². The van der Waals surface area contributed by atoms with Gasteiger partial charge >= 0.3 is 0 Å². The Morgan fingerprint density at radius 3 is 2.70 bits per heavy atom. The van der Waals surface area contributed by atoms with Gasteiger partial charge in [0.1, 0.15) is 17.1 Å². The number of hydrogen-bond acceptors (Lipinski definition) is 8. The fraction of sp³-hybridized carbons (Fsp3) is 0.0952. The van der Waals surface area contributed by atoms with Crippen molar-refractivity contribution in [1.29, 1.82) is 0 Å². The minimum absolute atomic E-state index is 0.0276. The lowest BCUT2D eigenvalue weighted by Gasteiger charge is -2.15. The van der Waals surface area contributed by atoms with Crippen LogP contribution in [0.25, 0.3) is 27.8 Å². The quantitative estimate of drug-likeness (QED) is 0.438. The first-order valence-electron chi connectivity index (χ1n) is 8.97. The number of hydrogen-bond donors (Lipinski definition) is 2. The summed E-state index contributed by atoms with van der Waals surface area (Å²) in [5, 5.41) is 11.3. The number of carbonyl (C=O) groups is 1. The molecule has 0 unspecified atom stereocenters. The van der Waals surface area contributed by atoms with Crippen LogP contribution in [0.1, 0.15) is 15.9 Å². The van der Waals surface area contributed by atoms with Crippen molar-refractivity contribution in [2.24, 2.45) is 0 Å². The third-order valence-corrected chi connectivity index (χ3v) is 5.04. The molecule has 3 N–H and O–H groups in total. The Morgan fingerprint density at radius 1 is 1.17 bits per heavy atom. The number of imidazole rings is 1. The molecule has 0 spiro atoms. The molecule has 0 aliphatic heterocycles. The highest BCUT2D eigenvalue weighted by molar-refractivity contribution is 6.18. The smallest absolute Gasteiger partial charge is 0.236 e. The van der Waals surface area contributed by atoms with Crippen LogP contribution in [0.5, 0.6) is 17.2 Å². The standard InChI is InChI=1S/C21H16N4O5/c1-28-17-10-7-8-30-18(10)19(29-2)16(27)14(17)15(26)11-9-23-21-24-12-5-3-4-6-13(12)25(21)20(11)22/h3-9,27H,22H2,1-2H3. The monoisotopic (exact) mass is 404 g/mol. The lowest BCUT2D eigenvalue weighted by Crippen LogP contribution is -2.12. The number of anilines is 1. The van der Waals surface area contributed by atoms with E-state index < -0.39 is 11.5 Å². The Balaban J connectivity index is 1.80. The molecule has 0 amide bonds. The van der Waals surface area contributed by atoms with Crippen molar-refractivity contribution in [3.05, 3.63) is 53.9 Å². The van der Waals surface area contributed by atoms with Crippen molar-refractivity contribution in [2.75, 3.05) is 20.0 Å². The number of methoxy groups -OCH3 is 2. The van der Waals surface area contributed by atoms with Gasteiger partial charge in [0.25, 0.3) is 0 Å². The van der Waals surface area contributed by atoms with E-state index in [1.54, 1.807) is 10.5 Å². The van der Waals surface area contributed by atoms with Crippen LogP contribution >= 0.6 is 0 Å². The maximum Gasteiger partial charge on any atom is 0.236 e. The van der Waals surface area contributed by atoms with E-state index in [4.69, 9.17) is 19.6 Å². The number of nitrogens with two attached hydrogens (primary N) is 1. The molecular formula is C21H16N4O5. The summed E-state index contributed by atoms with van der Waals surface area (Å²) in [6, 6.07) is 8.99. The van der Waals surface area contributed by atoms with Gasteiger partial charge < -0.3 is 24.7 Å². The first-order chi connectivity index (χ1) is 14.6.